The zero-order valence-electron chi connectivity index (χ0n) is 9.43. The number of anilines is 1. The molecular weight excluding hydrogens is 260 g/mol. The quantitative estimate of drug-likeness (QED) is 0.473. The first-order valence-corrected chi connectivity index (χ1v) is 4.85. The van der Waals surface area contributed by atoms with Crippen LogP contribution in [0.4, 0.5) is 17.1 Å². The molecule has 0 saturated carbocycles. The van der Waals surface area contributed by atoms with E-state index in [1.54, 1.807) is 0 Å². The summed E-state index contributed by atoms with van der Waals surface area (Å²) in [6.45, 7) is 0. The van der Waals surface area contributed by atoms with Gasteiger partial charge in [0.15, 0.2) is 5.71 Å². The molecule has 0 aliphatic carbocycles. The van der Waals surface area contributed by atoms with Gasteiger partial charge in [0.05, 0.1) is 15.9 Å². The van der Waals surface area contributed by atoms with Crippen LogP contribution in [0.25, 0.3) is 0 Å². The number of nitrogens with zero attached hydrogens (tertiary/aromatic N) is 4. The molecule has 1 N–H and O–H groups in total. The van der Waals surface area contributed by atoms with Gasteiger partial charge in [-0.05, 0) is 0 Å². The molecule has 1 aromatic carbocycles. The maximum atomic E-state index is 11.7. The second-order valence-corrected chi connectivity index (χ2v) is 3.69. The number of nitro benzene ring substituents is 2. The molecule has 1 aromatic rings. The summed E-state index contributed by atoms with van der Waals surface area (Å²) >= 11 is 0. The summed E-state index contributed by atoms with van der Waals surface area (Å²) < 4.78 is 0. The third-order valence-electron chi connectivity index (χ3n) is 2.68. The van der Waals surface area contributed by atoms with E-state index in [4.69, 9.17) is 5.21 Å². The van der Waals surface area contributed by atoms with Gasteiger partial charge >= 0.3 is 5.69 Å². The molecule has 0 atom stereocenters. The number of nitro groups is 2. The molecule has 0 aromatic heterocycles. The Morgan fingerprint density at radius 3 is 2.37 bits per heavy atom. The van der Waals surface area contributed by atoms with Gasteiger partial charge in [0, 0.05) is 18.7 Å². The third-order valence-corrected chi connectivity index (χ3v) is 2.68. The zero-order valence-corrected chi connectivity index (χ0v) is 9.43. The number of non-ortho nitro benzene ring substituents is 1. The number of carbonyl (C=O) groups excluding carboxylic acids is 1. The van der Waals surface area contributed by atoms with Crippen LogP contribution in [0.5, 0.6) is 0 Å². The molecule has 10 nitrogen and oxygen atoms in total. The van der Waals surface area contributed by atoms with Gasteiger partial charge in [0.2, 0.25) is 0 Å². The van der Waals surface area contributed by atoms with E-state index >= 15 is 0 Å². The number of oxime groups is 1. The Morgan fingerprint density at radius 1 is 1.26 bits per heavy atom. The summed E-state index contributed by atoms with van der Waals surface area (Å²) in [5.41, 5.74) is -1.90. The Kier molecular flexibility index (Phi) is 2.62. The fourth-order valence-corrected chi connectivity index (χ4v) is 1.85. The molecule has 0 unspecified atom stereocenters. The van der Waals surface area contributed by atoms with Gasteiger partial charge < -0.3 is 10.1 Å². The minimum absolute atomic E-state index is 0.131. The van der Waals surface area contributed by atoms with E-state index in [0.717, 1.165) is 17.0 Å². The lowest BCUT2D eigenvalue weighted by Gasteiger charge is -2.08. The van der Waals surface area contributed by atoms with Gasteiger partial charge in [-0.3, -0.25) is 25.0 Å². The van der Waals surface area contributed by atoms with Crippen molar-refractivity contribution >= 4 is 28.7 Å². The van der Waals surface area contributed by atoms with Gasteiger partial charge in [-0.15, -0.1) is 0 Å². The normalized spacial score (nSPS) is 15.7. The maximum Gasteiger partial charge on any atom is 0.300 e. The molecule has 10 heteroatoms. The highest BCUT2D eigenvalue weighted by molar-refractivity contribution is 6.54. The van der Waals surface area contributed by atoms with Gasteiger partial charge in [-0.25, -0.2) is 0 Å². The number of benzene rings is 1. The Labute approximate surface area is 104 Å². The summed E-state index contributed by atoms with van der Waals surface area (Å²) in [7, 11) is 1.25. The van der Waals surface area contributed by atoms with E-state index in [2.05, 4.69) is 5.16 Å². The molecule has 1 aliphatic heterocycles. The summed E-state index contributed by atoms with van der Waals surface area (Å²) in [6.07, 6.45) is 0. The highest BCUT2D eigenvalue weighted by atomic mass is 16.6. The lowest BCUT2D eigenvalue weighted by molar-refractivity contribution is -0.393. The van der Waals surface area contributed by atoms with Crippen LogP contribution in [0, 0.1) is 20.2 Å². The maximum absolute atomic E-state index is 11.7. The number of rotatable bonds is 2. The van der Waals surface area contributed by atoms with Crippen LogP contribution < -0.4 is 4.90 Å². The first-order valence-electron chi connectivity index (χ1n) is 4.85. The molecule has 2 rings (SSSR count). The minimum atomic E-state index is -0.837. The number of fused-ring (bicyclic) bond motifs is 1. The molecule has 1 amide bonds. The molecule has 0 fully saturated rings. The SMILES string of the molecule is CN1C(=O)/C(=N\O)c2cc([N+](=O)[O-])cc([N+](=O)[O-])c21. The molecule has 0 saturated heterocycles. The number of amides is 1. The molecule has 1 heterocycles. The van der Waals surface area contributed by atoms with Crippen LogP contribution in [0.1, 0.15) is 5.56 Å². The fraction of sp³-hybridized carbons (Fsp3) is 0.111. The second kappa shape index (κ2) is 4.01. The van der Waals surface area contributed by atoms with Crippen LogP contribution in [0.3, 0.4) is 0 Å². The van der Waals surface area contributed by atoms with E-state index < -0.39 is 32.8 Å². The Hall–Kier alpha value is -3.04. The minimum Gasteiger partial charge on any atom is -0.410 e. The molecule has 0 spiro atoms. The molecule has 98 valence electrons. The van der Waals surface area contributed by atoms with Crippen molar-refractivity contribution in [2.75, 3.05) is 11.9 Å². The molecule has 1 aliphatic rings. The van der Waals surface area contributed by atoms with Crippen molar-refractivity contribution in [2.45, 2.75) is 0 Å². The lowest BCUT2D eigenvalue weighted by Crippen LogP contribution is -2.25. The molecular formula is C9H6N4O6. The van der Waals surface area contributed by atoms with E-state index in [9.17, 15) is 25.0 Å². The zero-order chi connectivity index (χ0) is 14.3. The standard InChI is InChI=1S/C9H6N4O6/c1-11-8-5(7(10-15)9(11)14)2-4(12(16)17)3-6(8)13(18)19/h2-3,15H,1H3/b10-7-. The molecule has 0 radical (unpaired) electrons. The first kappa shape index (κ1) is 12.4. The molecule has 0 bridgehead atoms. The number of likely N-dealkylation sites (N-methyl/N-ethyl adjacent to an activating group) is 1. The van der Waals surface area contributed by atoms with Crippen molar-refractivity contribution in [2.24, 2.45) is 5.16 Å². The van der Waals surface area contributed by atoms with Crippen molar-refractivity contribution in [1.29, 1.82) is 0 Å². The lowest BCUT2D eigenvalue weighted by atomic mass is 10.1. The van der Waals surface area contributed by atoms with Crippen LogP contribution in [-0.2, 0) is 4.79 Å². The van der Waals surface area contributed by atoms with Crippen LogP contribution in [-0.4, -0.2) is 33.7 Å². The van der Waals surface area contributed by atoms with Crippen molar-refractivity contribution < 1.29 is 19.8 Å². The number of carbonyl (C=O) groups is 1. The Balaban J connectivity index is 2.84. The van der Waals surface area contributed by atoms with Crippen molar-refractivity contribution in [3.8, 4) is 0 Å². The Bertz CT molecular complexity index is 652. The summed E-state index contributed by atoms with van der Waals surface area (Å²) in [6, 6.07) is 1.71. The van der Waals surface area contributed by atoms with E-state index in [1.807, 2.05) is 0 Å². The van der Waals surface area contributed by atoms with Crippen LogP contribution in [0.15, 0.2) is 17.3 Å². The number of hydrogen-bond donors (Lipinski definition) is 1. The summed E-state index contributed by atoms with van der Waals surface area (Å²) in [4.78, 5) is 32.6. The monoisotopic (exact) mass is 266 g/mol. The van der Waals surface area contributed by atoms with Crippen molar-refractivity contribution in [1.82, 2.24) is 0 Å². The van der Waals surface area contributed by atoms with Gasteiger partial charge in [0.1, 0.15) is 5.69 Å². The highest BCUT2D eigenvalue weighted by Crippen LogP contribution is 2.39. The van der Waals surface area contributed by atoms with E-state index in [0.29, 0.717) is 0 Å². The average Bonchev–Trinajstić information content (AvgIpc) is 2.60. The van der Waals surface area contributed by atoms with Crippen LogP contribution in [0.2, 0.25) is 0 Å². The molecule has 19 heavy (non-hydrogen) atoms. The predicted molar refractivity (Wildman–Crippen MR) is 61.5 cm³/mol. The van der Waals surface area contributed by atoms with Gasteiger partial charge in [0.25, 0.3) is 11.6 Å². The highest BCUT2D eigenvalue weighted by Gasteiger charge is 2.40. The third kappa shape index (κ3) is 1.66. The van der Waals surface area contributed by atoms with Crippen molar-refractivity contribution in [3.63, 3.8) is 0 Å². The fourth-order valence-electron chi connectivity index (χ4n) is 1.85. The van der Waals surface area contributed by atoms with E-state index in [1.165, 1.54) is 7.05 Å². The Morgan fingerprint density at radius 2 is 1.89 bits per heavy atom. The topological polar surface area (TPSA) is 139 Å². The van der Waals surface area contributed by atoms with E-state index in [-0.39, 0.29) is 11.3 Å². The van der Waals surface area contributed by atoms with Gasteiger partial charge in [-0.1, -0.05) is 5.16 Å². The number of hydrogen-bond acceptors (Lipinski definition) is 7. The average molecular weight is 266 g/mol. The largest absolute Gasteiger partial charge is 0.410 e. The smallest absolute Gasteiger partial charge is 0.300 e. The van der Waals surface area contributed by atoms with Crippen LogP contribution >= 0.6 is 0 Å². The van der Waals surface area contributed by atoms with Gasteiger partial charge in [-0.2, -0.15) is 0 Å². The first-order chi connectivity index (χ1) is 8.88. The second-order valence-electron chi connectivity index (χ2n) is 3.69. The summed E-state index contributed by atoms with van der Waals surface area (Å²) in [5, 5.41) is 33.1. The predicted octanol–water partition coefficient (Wildman–Crippen LogP) is 0.658. The summed E-state index contributed by atoms with van der Waals surface area (Å²) in [5.74, 6) is -0.777. The van der Waals surface area contributed by atoms with Crippen molar-refractivity contribution in [3.05, 3.63) is 37.9 Å².